The van der Waals surface area contributed by atoms with Crippen LogP contribution in [0.5, 0.6) is 0 Å². The zero-order valence-corrected chi connectivity index (χ0v) is 10.5. The summed E-state index contributed by atoms with van der Waals surface area (Å²) in [7, 11) is 0. The molecule has 1 unspecified atom stereocenters. The van der Waals surface area contributed by atoms with Crippen LogP contribution in [-0.4, -0.2) is 32.7 Å². The van der Waals surface area contributed by atoms with Gasteiger partial charge in [0.2, 0.25) is 0 Å². The third-order valence-electron chi connectivity index (χ3n) is 2.58. The maximum absolute atomic E-state index is 9.78. The third-order valence-corrected chi connectivity index (χ3v) is 3.07. The summed E-state index contributed by atoms with van der Waals surface area (Å²) in [4.78, 5) is 0. The highest BCUT2D eigenvalue weighted by Crippen LogP contribution is 2.22. The number of hydrogen-bond donors (Lipinski definition) is 2. The van der Waals surface area contributed by atoms with Gasteiger partial charge in [-0.2, -0.15) is 5.10 Å². The van der Waals surface area contributed by atoms with Crippen LogP contribution in [-0.2, 0) is 13.0 Å². The Bertz CT molecular complexity index is 339. The number of aryl methyl sites for hydroxylation is 2. The monoisotopic (exact) mass is 246 g/mol. The summed E-state index contributed by atoms with van der Waals surface area (Å²) < 4.78 is 1.82. The Balaban J connectivity index is 2.71. The molecule has 92 valence electrons. The van der Waals surface area contributed by atoms with Crippen LogP contribution in [0, 0.1) is 6.92 Å². The van der Waals surface area contributed by atoms with Gasteiger partial charge in [0.15, 0.2) is 0 Å². The molecule has 0 bridgehead atoms. The Morgan fingerprint density at radius 1 is 1.50 bits per heavy atom. The number of aromatic nitrogens is 2. The van der Waals surface area contributed by atoms with Gasteiger partial charge in [0, 0.05) is 19.6 Å². The average Bonchev–Trinajstić information content (AvgIpc) is 2.54. The van der Waals surface area contributed by atoms with Crippen molar-refractivity contribution in [2.24, 2.45) is 0 Å². The lowest BCUT2D eigenvalue weighted by atomic mass is 10.1. The van der Waals surface area contributed by atoms with E-state index >= 15 is 0 Å². The molecule has 1 rings (SSSR count). The zero-order valence-electron chi connectivity index (χ0n) is 9.78. The lowest BCUT2D eigenvalue weighted by Crippen LogP contribution is -2.15. The molecule has 0 aliphatic rings. The highest BCUT2D eigenvalue weighted by atomic mass is 35.5. The second-order valence-corrected chi connectivity index (χ2v) is 4.26. The lowest BCUT2D eigenvalue weighted by Gasteiger charge is -2.11. The standard InChI is InChI=1S/C11H19ClN2O2/c1-3-14-10(11(12)8(2)13-14)7-9(16)5-4-6-15/h9,15-16H,3-7H2,1-2H3. The Labute approximate surface area is 101 Å². The molecular weight excluding hydrogens is 228 g/mol. The predicted molar refractivity (Wildman–Crippen MR) is 63.7 cm³/mol. The van der Waals surface area contributed by atoms with E-state index in [2.05, 4.69) is 5.10 Å². The highest BCUT2D eigenvalue weighted by Gasteiger charge is 2.15. The van der Waals surface area contributed by atoms with E-state index in [0.717, 1.165) is 17.9 Å². The molecule has 1 aromatic heterocycles. The summed E-state index contributed by atoms with van der Waals surface area (Å²) in [6.45, 7) is 4.71. The second-order valence-electron chi connectivity index (χ2n) is 3.89. The van der Waals surface area contributed by atoms with Gasteiger partial charge in [-0.15, -0.1) is 0 Å². The molecule has 5 heteroatoms. The van der Waals surface area contributed by atoms with Crippen molar-refractivity contribution in [2.75, 3.05) is 6.61 Å². The Hall–Kier alpha value is -0.580. The van der Waals surface area contributed by atoms with Gasteiger partial charge in [-0.05, 0) is 26.7 Å². The first-order valence-electron chi connectivity index (χ1n) is 5.60. The van der Waals surface area contributed by atoms with E-state index in [1.54, 1.807) is 0 Å². The van der Waals surface area contributed by atoms with Crippen LogP contribution in [0.3, 0.4) is 0 Å². The molecule has 0 aromatic carbocycles. The van der Waals surface area contributed by atoms with Crippen molar-refractivity contribution < 1.29 is 10.2 Å². The Morgan fingerprint density at radius 2 is 2.19 bits per heavy atom. The molecule has 0 saturated heterocycles. The summed E-state index contributed by atoms with van der Waals surface area (Å²) in [5, 5.41) is 23.4. The largest absolute Gasteiger partial charge is 0.396 e. The van der Waals surface area contributed by atoms with Crippen LogP contribution in [0.1, 0.15) is 31.2 Å². The van der Waals surface area contributed by atoms with Crippen LogP contribution in [0.25, 0.3) is 0 Å². The highest BCUT2D eigenvalue weighted by molar-refractivity contribution is 6.31. The maximum Gasteiger partial charge on any atom is 0.0848 e. The van der Waals surface area contributed by atoms with Crippen molar-refractivity contribution in [1.29, 1.82) is 0 Å². The number of rotatable bonds is 6. The van der Waals surface area contributed by atoms with Crippen molar-refractivity contribution in [2.45, 2.75) is 45.8 Å². The molecule has 1 aromatic rings. The maximum atomic E-state index is 9.78. The second kappa shape index (κ2) is 6.23. The Morgan fingerprint density at radius 3 is 2.75 bits per heavy atom. The fourth-order valence-corrected chi connectivity index (χ4v) is 1.93. The molecule has 0 aliphatic carbocycles. The quantitative estimate of drug-likeness (QED) is 0.801. The van der Waals surface area contributed by atoms with Gasteiger partial charge in [-0.25, -0.2) is 0 Å². The summed E-state index contributed by atoms with van der Waals surface area (Å²) in [6, 6.07) is 0. The number of aliphatic hydroxyl groups is 2. The minimum absolute atomic E-state index is 0.108. The minimum atomic E-state index is -0.467. The fourth-order valence-electron chi connectivity index (χ4n) is 1.72. The average molecular weight is 247 g/mol. The van der Waals surface area contributed by atoms with E-state index in [9.17, 15) is 5.11 Å². The Kier molecular flexibility index (Phi) is 5.25. The summed E-state index contributed by atoms with van der Waals surface area (Å²) in [6.07, 6.45) is 1.22. The molecule has 1 heterocycles. The summed E-state index contributed by atoms with van der Waals surface area (Å²) in [5.74, 6) is 0. The van der Waals surface area contributed by atoms with Crippen LogP contribution in [0.4, 0.5) is 0 Å². The summed E-state index contributed by atoms with van der Waals surface area (Å²) in [5.41, 5.74) is 1.68. The zero-order chi connectivity index (χ0) is 12.1. The van der Waals surface area contributed by atoms with Gasteiger partial charge in [0.25, 0.3) is 0 Å². The minimum Gasteiger partial charge on any atom is -0.396 e. The van der Waals surface area contributed by atoms with Crippen molar-refractivity contribution in [3.63, 3.8) is 0 Å². The van der Waals surface area contributed by atoms with Crippen LogP contribution in [0.15, 0.2) is 0 Å². The molecular formula is C11H19ClN2O2. The van der Waals surface area contributed by atoms with E-state index < -0.39 is 6.10 Å². The number of nitrogens with zero attached hydrogens (tertiary/aromatic N) is 2. The van der Waals surface area contributed by atoms with Crippen LogP contribution in [0.2, 0.25) is 5.02 Å². The van der Waals surface area contributed by atoms with E-state index in [1.165, 1.54) is 0 Å². The SMILES string of the molecule is CCn1nc(C)c(Cl)c1CC(O)CCCO. The predicted octanol–water partition coefficient (Wildman–Crippen LogP) is 1.54. The number of halogens is 1. The number of hydrogen-bond acceptors (Lipinski definition) is 3. The van der Waals surface area contributed by atoms with Crippen molar-refractivity contribution >= 4 is 11.6 Å². The molecule has 0 fully saturated rings. The molecule has 0 saturated carbocycles. The molecule has 0 amide bonds. The van der Waals surface area contributed by atoms with E-state index in [-0.39, 0.29) is 6.61 Å². The third kappa shape index (κ3) is 3.20. The normalized spacial score (nSPS) is 13.1. The first-order valence-corrected chi connectivity index (χ1v) is 5.98. The van der Waals surface area contributed by atoms with Crippen molar-refractivity contribution in [3.8, 4) is 0 Å². The molecule has 0 spiro atoms. The molecule has 0 radical (unpaired) electrons. The molecule has 16 heavy (non-hydrogen) atoms. The van der Waals surface area contributed by atoms with Crippen LogP contribution >= 0.6 is 11.6 Å². The van der Waals surface area contributed by atoms with Gasteiger partial charge in [0.1, 0.15) is 0 Å². The summed E-state index contributed by atoms with van der Waals surface area (Å²) >= 11 is 6.13. The molecule has 4 nitrogen and oxygen atoms in total. The first-order chi connectivity index (χ1) is 7.60. The van der Waals surface area contributed by atoms with Crippen molar-refractivity contribution in [3.05, 3.63) is 16.4 Å². The van der Waals surface area contributed by atoms with Gasteiger partial charge in [-0.3, -0.25) is 4.68 Å². The van der Waals surface area contributed by atoms with Crippen molar-refractivity contribution in [1.82, 2.24) is 9.78 Å². The molecule has 1 atom stereocenters. The van der Waals surface area contributed by atoms with Crippen LogP contribution < -0.4 is 0 Å². The molecule has 0 aliphatic heterocycles. The first kappa shape index (κ1) is 13.5. The fraction of sp³-hybridized carbons (Fsp3) is 0.727. The van der Waals surface area contributed by atoms with E-state index in [1.807, 2.05) is 18.5 Å². The van der Waals surface area contributed by atoms with Gasteiger partial charge < -0.3 is 10.2 Å². The number of aliphatic hydroxyl groups excluding tert-OH is 2. The lowest BCUT2D eigenvalue weighted by molar-refractivity contribution is 0.147. The molecule has 2 N–H and O–H groups in total. The van der Waals surface area contributed by atoms with Gasteiger partial charge in [-0.1, -0.05) is 11.6 Å². The van der Waals surface area contributed by atoms with Gasteiger partial charge >= 0.3 is 0 Å². The smallest absolute Gasteiger partial charge is 0.0848 e. The van der Waals surface area contributed by atoms with E-state index in [0.29, 0.717) is 24.3 Å². The van der Waals surface area contributed by atoms with E-state index in [4.69, 9.17) is 16.7 Å². The van der Waals surface area contributed by atoms with Gasteiger partial charge in [0.05, 0.1) is 22.5 Å². The topological polar surface area (TPSA) is 58.3 Å².